The Hall–Kier alpha value is -1.85. The van der Waals surface area contributed by atoms with E-state index in [2.05, 4.69) is 22.8 Å². The average Bonchev–Trinajstić information content (AvgIpc) is 3.01. The second kappa shape index (κ2) is 7.62. The van der Waals surface area contributed by atoms with Gasteiger partial charge < -0.3 is 15.4 Å². The van der Waals surface area contributed by atoms with Gasteiger partial charge in [0.1, 0.15) is 10.6 Å². The average molecular weight is 330 g/mol. The monoisotopic (exact) mass is 330 g/mol. The summed E-state index contributed by atoms with van der Waals surface area (Å²) in [5.41, 5.74) is 1.11. The quantitative estimate of drug-likeness (QED) is 0.884. The molecule has 1 fully saturated rings. The van der Waals surface area contributed by atoms with Crippen LogP contribution < -0.4 is 15.4 Å². The highest BCUT2D eigenvalue weighted by molar-refractivity contribution is 7.17. The van der Waals surface area contributed by atoms with Crippen molar-refractivity contribution in [1.29, 1.82) is 0 Å². The van der Waals surface area contributed by atoms with E-state index in [-0.39, 0.29) is 11.9 Å². The van der Waals surface area contributed by atoms with Crippen LogP contribution in [0.2, 0.25) is 0 Å². The standard InChI is InChI=1S/C18H22N2O2S/c1-2-22-15-12-16(13-6-4-3-5-7-13)23-17(15)18(21)20-14-8-10-19-11-9-14/h3-7,12,14,19H,2,8-11H2,1H3,(H,20,21). The van der Waals surface area contributed by atoms with Crippen LogP contribution in [0.25, 0.3) is 10.4 Å². The fourth-order valence-electron chi connectivity index (χ4n) is 2.76. The summed E-state index contributed by atoms with van der Waals surface area (Å²) in [6.45, 7) is 4.42. The molecule has 0 unspecified atom stereocenters. The molecule has 0 spiro atoms. The maximum Gasteiger partial charge on any atom is 0.265 e. The van der Waals surface area contributed by atoms with E-state index in [4.69, 9.17) is 4.74 Å². The Labute approximate surface area is 140 Å². The summed E-state index contributed by atoms with van der Waals surface area (Å²) >= 11 is 1.50. The molecule has 2 N–H and O–H groups in total. The molecule has 5 heteroatoms. The van der Waals surface area contributed by atoms with Crippen molar-refractivity contribution in [2.75, 3.05) is 19.7 Å². The Morgan fingerprint density at radius 3 is 2.74 bits per heavy atom. The Balaban J connectivity index is 1.81. The van der Waals surface area contributed by atoms with Crippen molar-refractivity contribution in [3.63, 3.8) is 0 Å². The number of amides is 1. The van der Waals surface area contributed by atoms with Crippen molar-refractivity contribution >= 4 is 17.2 Å². The van der Waals surface area contributed by atoms with Crippen LogP contribution in [0.5, 0.6) is 5.75 Å². The van der Waals surface area contributed by atoms with Gasteiger partial charge in [-0.3, -0.25) is 4.79 Å². The van der Waals surface area contributed by atoms with Crippen LogP contribution in [0, 0.1) is 0 Å². The SMILES string of the molecule is CCOc1cc(-c2ccccc2)sc1C(=O)NC1CCNCC1. The summed E-state index contributed by atoms with van der Waals surface area (Å²) in [6, 6.07) is 12.3. The third kappa shape index (κ3) is 3.92. The third-order valence-corrected chi connectivity index (χ3v) is 5.10. The number of benzene rings is 1. The Morgan fingerprint density at radius 2 is 2.04 bits per heavy atom. The number of nitrogens with one attached hydrogen (secondary N) is 2. The summed E-state index contributed by atoms with van der Waals surface area (Å²) < 4.78 is 5.69. The van der Waals surface area contributed by atoms with Gasteiger partial charge in [-0.25, -0.2) is 0 Å². The van der Waals surface area contributed by atoms with Crippen LogP contribution in [-0.2, 0) is 0 Å². The van der Waals surface area contributed by atoms with Gasteiger partial charge in [-0.05, 0) is 44.5 Å². The molecule has 1 saturated heterocycles. The Kier molecular flexibility index (Phi) is 5.31. The second-order valence-corrected chi connectivity index (χ2v) is 6.65. The van der Waals surface area contributed by atoms with E-state index in [0.717, 1.165) is 36.4 Å². The zero-order valence-electron chi connectivity index (χ0n) is 13.3. The van der Waals surface area contributed by atoms with Gasteiger partial charge in [-0.15, -0.1) is 11.3 Å². The summed E-state index contributed by atoms with van der Waals surface area (Å²) in [6.07, 6.45) is 1.96. The molecule has 2 heterocycles. The number of thiophene rings is 1. The smallest absolute Gasteiger partial charge is 0.265 e. The van der Waals surface area contributed by atoms with E-state index in [1.165, 1.54) is 11.3 Å². The molecule has 1 aromatic carbocycles. The Bertz CT molecular complexity index is 648. The number of hydrogen-bond acceptors (Lipinski definition) is 4. The lowest BCUT2D eigenvalue weighted by molar-refractivity contribution is 0.0930. The lowest BCUT2D eigenvalue weighted by Gasteiger charge is -2.23. The second-order valence-electron chi connectivity index (χ2n) is 5.60. The third-order valence-electron chi connectivity index (χ3n) is 3.94. The minimum Gasteiger partial charge on any atom is -0.492 e. The van der Waals surface area contributed by atoms with E-state index >= 15 is 0 Å². The first-order chi connectivity index (χ1) is 11.3. The fraction of sp³-hybridized carbons (Fsp3) is 0.389. The van der Waals surface area contributed by atoms with Crippen LogP contribution in [-0.4, -0.2) is 31.6 Å². The lowest BCUT2D eigenvalue weighted by atomic mass is 10.1. The van der Waals surface area contributed by atoms with Crippen LogP contribution in [0.1, 0.15) is 29.4 Å². The maximum atomic E-state index is 12.7. The zero-order chi connectivity index (χ0) is 16.1. The molecule has 0 saturated carbocycles. The summed E-state index contributed by atoms with van der Waals surface area (Å²) in [5, 5.41) is 6.46. The highest BCUT2D eigenvalue weighted by atomic mass is 32.1. The first kappa shape index (κ1) is 16.0. The zero-order valence-corrected chi connectivity index (χ0v) is 14.1. The molecule has 0 bridgehead atoms. The van der Waals surface area contributed by atoms with Crippen LogP contribution in [0.15, 0.2) is 36.4 Å². The van der Waals surface area contributed by atoms with Gasteiger partial charge in [-0.1, -0.05) is 30.3 Å². The normalized spacial score (nSPS) is 15.3. The first-order valence-corrected chi connectivity index (χ1v) is 8.93. The fourth-order valence-corrected chi connectivity index (χ4v) is 3.77. The van der Waals surface area contributed by atoms with Gasteiger partial charge in [0.25, 0.3) is 5.91 Å². The van der Waals surface area contributed by atoms with Gasteiger partial charge >= 0.3 is 0 Å². The molecule has 1 aliphatic rings. The molecule has 23 heavy (non-hydrogen) atoms. The van der Waals surface area contributed by atoms with Crippen molar-refractivity contribution in [3.05, 3.63) is 41.3 Å². The number of hydrogen-bond donors (Lipinski definition) is 2. The minimum atomic E-state index is -0.0208. The minimum absolute atomic E-state index is 0.0208. The molecule has 2 aromatic rings. The van der Waals surface area contributed by atoms with Crippen molar-refractivity contribution in [1.82, 2.24) is 10.6 Å². The molecule has 1 aromatic heterocycles. The number of carbonyl (C=O) groups is 1. The molecule has 3 rings (SSSR count). The van der Waals surface area contributed by atoms with E-state index in [9.17, 15) is 4.79 Å². The molecule has 1 amide bonds. The van der Waals surface area contributed by atoms with Crippen LogP contribution >= 0.6 is 11.3 Å². The van der Waals surface area contributed by atoms with Crippen molar-refractivity contribution in [2.24, 2.45) is 0 Å². The maximum absolute atomic E-state index is 12.7. The van der Waals surface area contributed by atoms with Gasteiger partial charge in [0.05, 0.1) is 6.61 Å². The highest BCUT2D eigenvalue weighted by Crippen LogP contribution is 2.36. The lowest BCUT2D eigenvalue weighted by Crippen LogP contribution is -2.42. The molecule has 0 radical (unpaired) electrons. The summed E-state index contributed by atoms with van der Waals surface area (Å²) in [4.78, 5) is 14.4. The molecular weight excluding hydrogens is 308 g/mol. The van der Waals surface area contributed by atoms with Crippen LogP contribution in [0.4, 0.5) is 0 Å². The summed E-state index contributed by atoms with van der Waals surface area (Å²) in [5.74, 6) is 0.662. The van der Waals surface area contributed by atoms with E-state index in [0.29, 0.717) is 17.2 Å². The van der Waals surface area contributed by atoms with E-state index < -0.39 is 0 Å². The number of rotatable bonds is 5. The first-order valence-electron chi connectivity index (χ1n) is 8.11. The molecule has 122 valence electrons. The van der Waals surface area contributed by atoms with Crippen molar-refractivity contribution in [2.45, 2.75) is 25.8 Å². The number of piperidine rings is 1. The Morgan fingerprint density at radius 1 is 1.30 bits per heavy atom. The number of carbonyl (C=O) groups excluding carboxylic acids is 1. The molecule has 4 nitrogen and oxygen atoms in total. The van der Waals surface area contributed by atoms with Crippen molar-refractivity contribution in [3.8, 4) is 16.2 Å². The van der Waals surface area contributed by atoms with E-state index in [1.807, 2.05) is 31.2 Å². The largest absolute Gasteiger partial charge is 0.492 e. The van der Waals surface area contributed by atoms with Gasteiger partial charge in [0, 0.05) is 10.9 Å². The van der Waals surface area contributed by atoms with Gasteiger partial charge in [-0.2, -0.15) is 0 Å². The summed E-state index contributed by atoms with van der Waals surface area (Å²) in [7, 11) is 0. The predicted molar refractivity (Wildman–Crippen MR) is 94.3 cm³/mol. The highest BCUT2D eigenvalue weighted by Gasteiger charge is 2.22. The molecule has 0 atom stereocenters. The molecular formula is C18H22N2O2S. The van der Waals surface area contributed by atoms with Gasteiger partial charge in [0.2, 0.25) is 0 Å². The molecule has 0 aliphatic carbocycles. The van der Waals surface area contributed by atoms with Crippen LogP contribution in [0.3, 0.4) is 0 Å². The predicted octanol–water partition coefficient (Wildman–Crippen LogP) is 3.30. The molecule has 1 aliphatic heterocycles. The van der Waals surface area contributed by atoms with Gasteiger partial charge in [0.15, 0.2) is 0 Å². The topological polar surface area (TPSA) is 50.4 Å². The van der Waals surface area contributed by atoms with E-state index in [1.54, 1.807) is 0 Å². The van der Waals surface area contributed by atoms with Crippen molar-refractivity contribution < 1.29 is 9.53 Å². The number of ether oxygens (including phenoxy) is 1.